The van der Waals surface area contributed by atoms with E-state index in [-0.39, 0.29) is 11.8 Å². The second-order valence-corrected chi connectivity index (χ2v) is 6.50. The van der Waals surface area contributed by atoms with Crippen LogP contribution in [0.1, 0.15) is 56.6 Å². The van der Waals surface area contributed by atoms with Crippen molar-refractivity contribution in [2.24, 2.45) is 5.92 Å². The number of aliphatic hydroxyl groups excluding tert-OH is 1. The molecule has 7 nitrogen and oxygen atoms in total. The molecule has 1 aliphatic carbocycles. The molecule has 0 radical (unpaired) electrons. The summed E-state index contributed by atoms with van der Waals surface area (Å²) < 4.78 is 7.30. The van der Waals surface area contributed by atoms with E-state index in [9.17, 15) is 9.90 Å². The molecule has 1 aromatic heterocycles. The van der Waals surface area contributed by atoms with E-state index in [1.165, 1.54) is 19.3 Å². The van der Waals surface area contributed by atoms with Gasteiger partial charge in [0.05, 0.1) is 13.2 Å². The summed E-state index contributed by atoms with van der Waals surface area (Å²) >= 11 is 0. The van der Waals surface area contributed by atoms with Gasteiger partial charge in [-0.15, -0.1) is 10.2 Å². The van der Waals surface area contributed by atoms with Gasteiger partial charge in [-0.2, -0.15) is 0 Å². The van der Waals surface area contributed by atoms with Crippen LogP contribution in [0, 0.1) is 5.92 Å². The molecular formula is C16H26N4O3. The van der Waals surface area contributed by atoms with Gasteiger partial charge in [0.25, 0.3) is 0 Å². The minimum atomic E-state index is -0.916. The van der Waals surface area contributed by atoms with Gasteiger partial charge in [0.1, 0.15) is 12.7 Å². The molecule has 23 heavy (non-hydrogen) atoms. The first-order valence-corrected chi connectivity index (χ1v) is 8.70. The smallest absolute Gasteiger partial charge is 0.249 e. The Labute approximate surface area is 136 Å². The fraction of sp³-hybridized carbons (Fsp3) is 0.812. The predicted molar refractivity (Wildman–Crippen MR) is 83.3 cm³/mol. The highest BCUT2D eigenvalue weighted by Crippen LogP contribution is 2.25. The molecule has 1 saturated carbocycles. The zero-order chi connectivity index (χ0) is 16.1. The fourth-order valence-corrected chi connectivity index (χ4v) is 3.48. The molecule has 1 fully saturated rings. The number of nitrogens with zero attached hydrogens (tertiary/aromatic N) is 3. The van der Waals surface area contributed by atoms with Crippen LogP contribution >= 0.6 is 0 Å². The Morgan fingerprint density at radius 3 is 2.78 bits per heavy atom. The number of ether oxygens (including phenoxy) is 1. The molecule has 1 atom stereocenters. The predicted octanol–water partition coefficient (Wildman–Crippen LogP) is 1.15. The molecular weight excluding hydrogens is 296 g/mol. The lowest BCUT2D eigenvalue weighted by atomic mass is 9.87. The van der Waals surface area contributed by atoms with Gasteiger partial charge >= 0.3 is 0 Å². The van der Waals surface area contributed by atoms with Crippen molar-refractivity contribution in [1.29, 1.82) is 0 Å². The molecule has 3 rings (SSSR count). The number of carbonyl (C=O) groups excluding carboxylic acids is 1. The first kappa shape index (κ1) is 16.4. The van der Waals surface area contributed by atoms with Gasteiger partial charge in [0.15, 0.2) is 11.6 Å². The molecule has 2 heterocycles. The van der Waals surface area contributed by atoms with E-state index < -0.39 is 6.10 Å². The highest BCUT2D eigenvalue weighted by atomic mass is 16.5. The van der Waals surface area contributed by atoms with Crippen LogP contribution < -0.4 is 5.32 Å². The third-order valence-electron chi connectivity index (χ3n) is 4.88. The van der Waals surface area contributed by atoms with Gasteiger partial charge in [-0.1, -0.05) is 32.1 Å². The summed E-state index contributed by atoms with van der Waals surface area (Å²) in [5.74, 6) is 1.30. The standard InChI is InChI=1S/C16H26N4O3/c21-15(12-6-4-2-1-3-5-7-12)16(22)17-10-13-18-19-14-11-23-9-8-20(13)14/h12,15,21H,1-11H2,(H,17,22)/t15-/m0/s1. The van der Waals surface area contributed by atoms with Crippen LogP contribution in [0.15, 0.2) is 0 Å². The van der Waals surface area contributed by atoms with Crippen LogP contribution in [-0.2, 0) is 29.2 Å². The second kappa shape index (κ2) is 7.88. The Kier molecular flexibility index (Phi) is 5.61. The van der Waals surface area contributed by atoms with Crippen LogP contribution in [-0.4, -0.2) is 38.5 Å². The van der Waals surface area contributed by atoms with E-state index in [0.29, 0.717) is 26.3 Å². The first-order chi connectivity index (χ1) is 11.3. The summed E-state index contributed by atoms with van der Waals surface area (Å²) in [6.07, 6.45) is 6.85. The zero-order valence-electron chi connectivity index (χ0n) is 13.5. The number of amides is 1. The number of aromatic nitrogens is 3. The molecule has 0 saturated heterocycles. The van der Waals surface area contributed by atoms with Crippen molar-refractivity contribution >= 4 is 5.91 Å². The third-order valence-corrected chi connectivity index (χ3v) is 4.88. The Bertz CT molecular complexity index is 523. The summed E-state index contributed by atoms with van der Waals surface area (Å²) in [6, 6.07) is 0. The number of hydrogen-bond donors (Lipinski definition) is 2. The van der Waals surface area contributed by atoms with Crippen molar-refractivity contribution in [2.75, 3.05) is 6.61 Å². The number of hydrogen-bond acceptors (Lipinski definition) is 5. The van der Waals surface area contributed by atoms with Gasteiger partial charge in [-0.05, 0) is 18.8 Å². The van der Waals surface area contributed by atoms with Crippen LogP contribution in [0.25, 0.3) is 0 Å². The maximum atomic E-state index is 12.3. The molecule has 1 amide bonds. The fourth-order valence-electron chi connectivity index (χ4n) is 3.48. The first-order valence-electron chi connectivity index (χ1n) is 8.70. The molecule has 2 aliphatic rings. The third kappa shape index (κ3) is 4.09. The zero-order valence-corrected chi connectivity index (χ0v) is 13.5. The Hall–Kier alpha value is -1.47. The molecule has 128 valence electrons. The van der Waals surface area contributed by atoms with Crippen molar-refractivity contribution in [3.63, 3.8) is 0 Å². The van der Waals surface area contributed by atoms with Crippen LogP contribution in [0.2, 0.25) is 0 Å². The summed E-state index contributed by atoms with van der Waals surface area (Å²) in [6.45, 7) is 2.11. The summed E-state index contributed by atoms with van der Waals surface area (Å²) in [7, 11) is 0. The van der Waals surface area contributed by atoms with Gasteiger partial charge in [0.2, 0.25) is 5.91 Å². The number of carbonyl (C=O) groups is 1. The normalized spacial score (nSPS) is 21.1. The van der Waals surface area contributed by atoms with Gasteiger partial charge in [-0.3, -0.25) is 4.79 Å². The van der Waals surface area contributed by atoms with Crippen molar-refractivity contribution in [1.82, 2.24) is 20.1 Å². The van der Waals surface area contributed by atoms with E-state index in [2.05, 4.69) is 15.5 Å². The van der Waals surface area contributed by atoms with Crippen LogP contribution in [0.4, 0.5) is 0 Å². The van der Waals surface area contributed by atoms with Crippen LogP contribution in [0.5, 0.6) is 0 Å². The minimum absolute atomic E-state index is 0.0796. The summed E-state index contributed by atoms with van der Waals surface area (Å²) in [5.41, 5.74) is 0. The Morgan fingerprint density at radius 2 is 2.00 bits per heavy atom. The molecule has 0 spiro atoms. The molecule has 0 bridgehead atoms. The number of fused-ring (bicyclic) bond motifs is 1. The van der Waals surface area contributed by atoms with E-state index in [1.807, 2.05) is 4.57 Å². The van der Waals surface area contributed by atoms with Crippen molar-refractivity contribution < 1.29 is 14.6 Å². The molecule has 2 N–H and O–H groups in total. The lowest BCUT2D eigenvalue weighted by Crippen LogP contribution is -2.40. The quantitative estimate of drug-likeness (QED) is 0.868. The van der Waals surface area contributed by atoms with Crippen LogP contribution in [0.3, 0.4) is 0 Å². The molecule has 7 heteroatoms. The van der Waals surface area contributed by atoms with Crippen molar-refractivity contribution in [3.8, 4) is 0 Å². The topological polar surface area (TPSA) is 89.3 Å². The largest absolute Gasteiger partial charge is 0.383 e. The van der Waals surface area contributed by atoms with Crippen molar-refractivity contribution in [2.45, 2.75) is 70.7 Å². The van der Waals surface area contributed by atoms with E-state index in [1.54, 1.807) is 0 Å². The molecule has 0 aromatic carbocycles. The van der Waals surface area contributed by atoms with Gasteiger partial charge < -0.3 is 19.7 Å². The summed E-state index contributed by atoms with van der Waals surface area (Å²) in [5, 5.41) is 21.3. The average molecular weight is 322 g/mol. The lowest BCUT2D eigenvalue weighted by Gasteiger charge is -2.24. The highest BCUT2D eigenvalue weighted by Gasteiger charge is 2.26. The Morgan fingerprint density at radius 1 is 1.26 bits per heavy atom. The number of nitrogens with one attached hydrogen (secondary N) is 1. The van der Waals surface area contributed by atoms with E-state index in [0.717, 1.165) is 37.3 Å². The Balaban J connectivity index is 1.53. The molecule has 1 aromatic rings. The van der Waals surface area contributed by atoms with Gasteiger partial charge in [-0.25, -0.2) is 0 Å². The van der Waals surface area contributed by atoms with Gasteiger partial charge in [0, 0.05) is 6.54 Å². The van der Waals surface area contributed by atoms with E-state index in [4.69, 9.17) is 4.74 Å². The number of rotatable bonds is 4. The number of aliphatic hydroxyl groups is 1. The second-order valence-electron chi connectivity index (χ2n) is 6.50. The SMILES string of the molecule is O=C(NCc1nnc2n1CCOC2)[C@@H](O)C1CCCCCCC1. The molecule has 0 unspecified atom stereocenters. The average Bonchev–Trinajstić information content (AvgIpc) is 2.95. The maximum Gasteiger partial charge on any atom is 0.249 e. The molecule has 1 aliphatic heterocycles. The monoisotopic (exact) mass is 322 g/mol. The minimum Gasteiger partial charge on any atom is -0.383 e. The maximum absolute atomic E-state index is 12.3. The van der Waals surface area contributed by atoms with E-state index >= 15 is 0 Å². The lowest BCUT2D eigenvalue weighted by molar-refractivity contribution is -0.132. The van der Waals surface area contributed by atoms with Crippen molar-refractivity contribution in [3.05, 3.63) is 11.6 Å². The summed E-state index contributed by atoms with van der Waals surface area (Å²) in [4.78, 5) is 12.3. The highest BCUT2D eigenvalue weighted by molar-refractivity contribution is 5.80.